The molecule has 0 aliphatic rings. The van der Waals surface area contributed by atoms with Gasteiger partial charge in [-0.3, -0.25) is 4.79 Å². The summed E-state index contributed by atoms with van der Waals surface area (Å²) in [5.41, 5.74) is 0. The molecule has 0 radical (unpaired) electrons. The van der Waals surface area contributed by atoms with Crippen molar-refractivity contribution >= 4 is 12.3 Å². The lowest BCUT2D eigenvalue weighted by Crippen LogP contribution is -2.45. The summed E-state index contributed by atoms with van der Waals surface area (Å²) in [6, 6.07) is 0. The SMILES string of the molecule is C=CC(=O)O[C@@H](C=O)[C@@H](O)[C@@H](O)[C@@H](C)O. The number of ether oxygens (including phenoxy) is 1. The van der Waals surface area contributed by atoms with Crippen molar-refractivity contribution in [2.75, 3.05) is 0 Å². The first-order chi connectivity index (χ1) is 6.93. The summed E-state index contributed by atoms with van der Waals surface area (Å²) < 4.78 is 4.44. The van der Waals surface area contributed by atoms with Crippen molar-refractivity contribution in [3.63, 3.8) is 0 Å². The van der Waals surface area contributed by atoms with Gasteiger partial charge in [0.25, 0.3) is 0 Å². The molecular formula is C9H14O6. The number of rotatable bonds is 6. The van der Waals surface area contributed by atoms with Crippen LogP contribution in [-0.2, 0) is 14.3 Å². The number of aliphatic hydroxyl groups is 3. The van der Waals surface area contributed by atoms with E-state index in [0.29, 0.717) is 0 Å². The summed E-state index contributed by atoms with van der Waals surface area (Å²) in [4.78, 5) is 21.2. The van der Waals surface area contributed by atoms with Crippen LogP contribution in [-0.4, -0.2) is 52.0 Å². The zero-order chi connectivity index (χ0) is 12.0. The van der Waals surface area contributed by atoms with E-state index in [4.69, 9.17) is 5.11 Å². The van der Waals surface area contributed by atoms with Gasteiger partial charge in [-0.15, -0.1) is 0 Å². The third-order valence-corrected chi connectivity index (χ3v) is 1.73. The second kappa shape index (κ2) is 6.28. The van der Waals surface area contributed by atoms with E-state index in [-0.39, 0.29) is 6.29 Å². The number of aldehydes is 1. The topological polar surface area (TPSA) is 104 Å². The van der Waals surface area contributed by atoms with Crippen LogP contribution in [0.25, 0.3) is 0 Å². The highest BCUT2D eigenvalue weighted by molar-refractivity contribution is 5.82. The van der Waals surface area contributed by atoms with Gasteiger partial charge in [0.15, 0.2) is 12.4 Å². The lowest BCUT2D eigenvalue weighted by molar-refractivity contribution is -0.161. The first-order valence-electron chi connectivity index (χ1n) is 4.26. The van der Waals surface area contributed by atoms with Crippen molar-refractivity contribution in [3.8, 4) is 0 Å². The number of aliphatic hydroxyl groups excluding tert-OH is 3. The number of esters is 1. The van der Waals surface area contributed by atoms with Crippen LogP contribution in [0.5, 0.6) is 0 Å². The lowest BCUT2D eigenvalue weighted by Gasteiger charge is -2.24. The van der Waals surface area contributed by atoms with Crippen molar-refractivity contribution in [3.05, 3.63) is 12.7 Å². The fourth-order valence-corrected chi connectivity index (χ4v) is 0.840. The Morgan fingerprint density at radius 3 is 2.20 bits per heavy atom. The molecular weight excluding hydrogens is 204 g/mol. The molecule has 0 amide bonds. The quantitative estimate of drug-likeness (QED) is 0.281. The van der Waals surface area contributed by atoms with Gasteiger partial charge in [-0.25, -0.2) is 4.79 Å². The maximum Gasteiger partial charge on any atom is 0.330 e. The number of hydrogen-bond donors (Lipinski definition) is 3. The van der Waals surface area contributed by atoms with Gasteiger partial charge in [-0.2, -0.15) is 0 Å². The normalized spacial score (nSPS) is 18.4. The maximum atomic E-state index is 10.7. The van der Waals surface area contributed by atoms with Gasteiger partial charge < -0.3 is 20.1 Å². The van der Waals surface area contributed by atoms with Gasteiger partial charge in [-0.1, -0.05) is 6.58 Å². The molecule has 6 nitrogen and oxygen atoms in total. The van der Waals surface area contributed by atoms with Crippen LogP contribution in [0.3, 0.4) is 0 Å². The molecule has 15 heavy (non-hydrogen) atoms. The minimum Gasteiger partial charge on any atom is -0.449 e. The van der Waals surface area contributed by atoms with E-state index < -0.39 is 30.4 Å². The van der Waals surface area contributed by atoms with Gasteiger partial charge in [0.05, 0.1) is 6.10 Å². The fraction of sp³-hybridized carbons (Fsp3) is 0.556. The molecule has 0 saturated heterocycles. The van der Waals surface area contributed by atoms with Crippen molar-refractivity contribution in [1.29, 1.82) is 0 Å². The molecule has 0 aliphatic heterocycles. The third-order valence-electron chi connectivity index (χ3n) is 1.73. The van der Waals surface area contributed by atoms with Crippen LogP contribution in [0.1, 0.15) is 6.92 Å². The third kappa shape index (κ3) is 4.20. The Kier molecular flexibility index (Phi) is 5.76. The zero-order valence-corrected chi connectivity index (χ0v) is 8.24. The highest BCUT2D eigenvalue weighted by Gasteiger charge is 2.31. The lowest BCUT2D eigenvalue weighted by atomic mass is 10.1. The molecule has 0 aromatic carbocycles. The zero-order valence-electron chi connectivity index (χ0n) is 8.24. The Bertz CT molecular complexity index is 237. The minimum atomic E-state index is -1.67. The van der Waals surface area contributed by atoms with Crippen LogP contribution in [0.2, 0.25) is 0 Å². The summed E-state index contributed by atoms with van der Waals surface area (Å²) in [6.45, 7) is 4.33. The minimum absolute atomic E-state index is 0.164. The Balaban J connectivity index is 4.46. The summed E-state index contributed by atoms with van der Waals surface area (Å²) in [5, 5.41) is 27.5. The summed E-state index contributed by atoms with van der Waals surface area (Å²) >= 11 is 0. The molecule has 0 saturated carbocycles. The summed E-state index contributed by atoms with van der Waals surface area (Å²) in [5.74, 6) is -0.899. The second-order valence-corrected chi connectivity index (χ2v) is 2.96. The number of hydrogen-bond acceptors (Lipinski definition) is 6. The molecule has 0 aromatic rings. The average molecular weight is 218 g/mol. The summed E-state index contributed by atoms with van der Waals surface area (Å²) in [7, 11) is 0. The first-order valence-corrected chi connectivity index (χ1v) is 4.26. The highest BCUT2D eigenvalue weighted by Crippen LogP contribution is 2.07. The molecule has 0 aromatic heterocycles. The summed E-state index contributed by atoms with van der Waals surface area (Å²) in [6.07, 6.45) is -5.04. The molecule has 0 rings (SSSR count). The van der Waals surface area contributed by atoms with E-state index in [1.165, 1.54) is 6.92 Å². The monoisotopic (exact) mass is 218 g/mol. The van der Waals surface area contributed by atoms with E-state index in [1.54, 1.807) is 0 Å². The standard InChI is InChI=1S/C9H14O6/c1-3-7(12)15-6(4-10)9(14)8(13)5(2)11/h3-6,8-9,11,13-14H,1H2,2H3/t5-,6+,8+,9-/m1/s1. The maximum absolute atomic E-state index is 10.7. The Labute approximate surface area is 86.8 Å². The van der Waals surface area contributed by atoms with E-state index in [0.717, 1.165) is 6.08 Å². The number of carbonyl (C=O) groups excluding carboxylic acids is 2. The van der Waals surface area contributed by atoms with Gasteiger partial charge >= 0.3 is 5.97 Å². The predicted octanol–water partition coefficient (Wildman–Crippen LogP) is -1.61. The van der Waals surface area contributed by atoms with Gasteiger partial charge in [0.1, 0.15) is 12.2 Å². The van der Waals surface area contributed by atoms with Crippen molar-refractivity contribution in [1.82, 2.24) is 0 Å². The van der Waals surface area contributed by atoms with Gasteiger partial charge in [0, 0.05) is 6.08 Å². The molecule has 0 bridgehead atoms. The Morgan fingerprint density at radius 1 is 1.33 bits per heavy atom. The van der Waals surface area contributed by atoms with Gasteiger partial charge in [-0.05, 0) is 6.92 Å². The molecule has 0 unspecified atom stereocenters. The largest absolute Gasteiger partial charge is 0.449 e. The van der Waals surface area contributed by atoms with E-state index in [9.17, 15) is 19.8 Å². The molecule has 0 spiro atoms. The second-order valence-electron chi connectivity index (χ2n) is 2.96. The molecule has 6 heteroatoms. The van der Waals surface area contributed by atoms with E-state index >= 15 is 0 Å². The Hall–Kier alpha value is -1.24. The molecule has 0 aliphatic carbocycles. The molecule has 86 valence electrons. The van der Waals surface area contributed by atoms with E-state index in [1.807, 2.05) is 0 Å². The average Bonchev–Trinajstić information content (AvgIpc) is 2.23. The van der Waals surface area contributed by atoms with Crippen LogP contribution in [0, 0.1) is 0 Å². The molecule has 3 N–H and O–H groups in total. The van der Waals surface area contributed by atoms with E-state index in [2.05, 4.69) is 11.3 Å². The first kappa shape index (κ1) is 13.8. The van der Waals surface area contributed by atoms with Crippen molar-refractivity contribution in [2.24, 2.45) is 0 Å². The fourth-order valence-electron chi connectivity index (χ4n) is 0.840. The van der Waals surface area contributed by atoms with Crippen LogP contribution < -0.4 is 0 Å². The van der Waals surface area contributed by atoms with Crippen LogP contribution >= 0.6 is 0 Å². The molecule has 4 atom stereocenters. The smallest absolute Gasteiger partial charge is 0.330 e. The molecule has 0 fully saturated rings. The van der Waals surface area contributed by atoms with Crippen LogP contribution in [0.15, 0.2) is 12.7 Å². The van der Waals surface area contributed by atoms with Crippen molar-refractivity contribution in [2.45, 2.75) is 31.3 Å². The van der Waals surface area contributed by atoms with Crippen LogP contribution in [0.4, 0.5) is 0 Å². The highest BCUT2D eigenvalue weighted by atomic mass is 16.6. The van der Waals surface area contributed by atoms with Gasteiger partial charge in [0.2, 0.25) is 0 Å². The Morgan fingerprint density at radius 2 is 1.87 bits per heavy atom. The van der Waals surface area contributed by atoms with Crippen molar-refractivity contribution < 1.29 is 29.6 Å². The predicted molar refractivity (Wildman–Crippen MR) is 49.8 cm³/mol. The molecule has 0 heterocycles. The number of carbonyl (C=O) groups is 2.